The van der Waals surface area contributed by atoms with Crippen LogP contribution >= 0.6 is 23.5 Å². The second kappa shape index (κ2) is 4.03. The zero-order chi connectivity index (χ0) is 7.52. The summed E-state index contributed by atoms with van der Waals surface area (Å²) in [5.41, 5.74) is 0. The van der Waals surface area contributed by atoms with Gasteiger partial charge < -0.3 is 9.47 Å². The van der Waals surface area contributed by atoms with Crippen molar-refractivity contribution in [3.63, 3.8) is 0 Å². The van der Waals surface area contributed by atoms with Crippen molar-refractivity contribution in [2.24, 2.45) is 0 Å². The molecule has 63 valence electrons. The Bertz CT molecular complexity index is 120. The predicted octanol–water partition coefficient (Wildman–Crippen LogP) is 1.37. The average molecular weight is 191 g/mol. The largest absolute Gasteiger partial charge is 0.349 e. The van der Waals surface area contributed by atoms with Crippen molar-refractivity contribution in [2.75, 3.05) is 30.5 Å². The van der Waals surface area contributed by atoms with Crippen molar-refractivity contribution in [1.82, 2.24) is 0 Å². The van der Waals surface area contributed by atoms with Crippen molar-refractivity contribution < 1.29 is 9.47 Å². The van der Waals surface area contributed by atoms with E-state index in [1.807, 2.05) is 23.5 Å². The Balaban J connectivity index is 1.82. The first kappa shape index (κ1) is 8.23. The van der Waals surface area contributed by atoms with E-state index in [1.165, 1.54) is 16.8 Å². The second-order valence-electron chi connectivity index (χ2n) is 2.44. The minimum Gasteiger partial charge on any atom is -0.349 e. The molecule has 0 aliphatic carbocycles. The van der Waals surface area contributed by atoms with Gasteiger partial charge in [-0.2, -0.15) is 11.8 Å². The van der Waals surface area contributed by atoms with Crippen LogP contribution in [0, 0.1) is 5.25 Å². The van der Waals surface area contributed by atoms with E-state index in [0.29, 0.717) is 0 Å². The molecule has 2 saturated heterocycles. The lowest BCUT2D eigenvalue weighted by Crippen LogP contribution is -2.22. The van der Waals surface area contributed by atoms with Gasteiger partial charge in [-0.15, -0.1) is 11.8 Å². The fraction of sp³-hybridized carbons (Fsp3) is 0.857. The molecule has 11 heavy (non-hydrogen) atoms. The van der Waals surface area contributed by atoms with Gasteiger partial charge in [0.15, 0.2) is 6.29 Å². The molecule has 2 nitrogen and oxygen atoms in total. The van der Waals surface area contributed by atoms with E-state index in [4.69, 9.17) is 9.47 Å². The Kier molecular flexibility index (Phi) is 3.01. The molecule has 0 unspecified atom stereocenters. The van der Waals surface area contributed by atoms with Crippen LogP contribution in [0.4, 0.5) is 0 Å². The first-order valence-corrected chi connectivity index (χ1v) is 5.90. The van der Waals surface area contributed by atoms with Gasteiger partial charge in [0, 0.05) is 17.3 Å². The van der Waals surface area contributed by atoms with E-state index in [2.05, 4.69) is 0 Å². The molecular formula is C7H11O2S2. The minimum absolute atomic E-state index is 0.00722. The highest BCUT2D eigenvalue weighted by Gasteiger charge is 2.29. The van der Waals surface area contributed by atoms with Gasteiger partial charge in [0.05, 0.1) is 18.5 Å². The summed E-state index contributed by atoms with van der Waals surface area (Å²) in [5, 5.41) is 1.37. The molecule has 0 N–H and O–H groups in total. The van der Waals surface area contributed by atoms with E-state index in [0.717, 1.165) is 19.0 Å². The van der Waals surface area contributed by atoms with Crippen LogP contribution in [0.5, 0.6) is 0 Å². The number of rotatable bonds is 1. The van der Waals surface area contributed by atoms with Crippen LogP contribution in [0.25, 0.3) is 0 Å². The summed E-state index contributed by atoms with van der Waals surface area (Å²) >= 11 is 3.88. The van der Waals surface area contributed by atoms with Gasteiger partial charge in [-0.05, 0) is 0 Å². The molecule has 0 saturated carbocycles. The van der Waals surface area contributed by atoms with Crippen LogP contribution in [0.1, 0.15) is 0 Å². The molecule has 0 atom stereocenters. The SMILES string of the molecule is C1COC([C]2CSCCS2)O1. The summed E-state index contributed by atoms with van der Waals surface area (Å²) in [5.74, 6) is 3.58. The van der Waals surface area contributed by atoms with Crippen molar-refractivity contribution in [1.29, 1.82) is 0 Å². The van der Waals surface area contributed by atoms with Crippen LogP contribution < -0.4 is 0 Å². The maximum Gasteiger partial charge on any atom is 0.174 e. The van der Waals surface area contributed by atoms with Crippen LogP contribution in [0.3, 0.4) is 0 Å². The summed E-state index contributed by atoms with van der Waals surface area (Å²) in [4.78, 5) is 0. The number of ether oxygens (including phenoxy) is 2. The summed E-state index contributed by atoms with van der Waals surface area (Å²) in [6.07, 6.45) is 0.00722. The molecule has 2 fully saturated rings. The third-order valence-electron chi connectivity index (χ3n) is 1.64. The van der Waals surface area contributed by atoms with E-state index in [-0.39, 0.29) is 6.29 Å². The average Bonchev–Trinajstić information content (AvgIpc) is 2.58. The quantitative estimate of drug-likeness (QED) is 0.623. The third-order valence-corrected chi connectivity index (χ3v) is 4.21. The summed E-state index contributed by atoms with van der Waals surface area (Å²) in [7, 11) is 0. The number of hydrogen-bond acceptors (Lipinski definition) is 4. The smallest absolute Gasteiger partial charge is 0.174 e. The molecule has 0 amide bonds. The Morgan fingerprint density at radius 3 is 2.64 bits per heavy atom. The molecule has 2 aliphatic heterocycles. The Hall–Kier alpha value is 0.620. The van der Waals surface area contributed by atoms with Gasteiger partial charge in [0.1, 0.15) is 0 Å². The second-order valence-corrected chi connectivity index (χ2v) is 4.77. The predicted molar refractivity (Wildman–Crippen MR) is 48.7 cm³/mol. The molecule has 2 aliphatic rings. The molecule has 2 heterocycles. The number of thioether (sulfide) groups is 2. The molecule has 2 rings (SSSR count). The van der Waals surface area contributed by atoms with Crippen molar-refractivity contribution in [2.45, 2.75) is 6.29 Å². The van der Waals surface area contributed by atoms with Crippen molar-refractivity contribution in [3.8, 4) is 0 Å². The van der Waals surface area contributed by atoms with Crippen LogP contribution in [-0.2, 0) is 9.47 Å². The topological polar surface area (TPSA) is 18.5 Å². The zero-order valence-electron chi connectivity index (χ0n) is 6.25. The van der Waals surface area contributed by atoms with Crippen LogP contribution in [0.2, 0.25) is 0 Å². The Morgan fingerprint density at radius 1 is 1.18 bits per heavy atom. The minimum atomic E-state index is 0.00722. The van der Waals surface area contributed by atoms with Crippen LogP contribution in [-0.4, -0.2) is 36.8 Å². The van der Waals surface area contributed by atoms with E-state index in [1.54, 1.807) is 0 Å². The van der Waals surface area contributed by atoms with Crippen molar-refractivity contribution >= 4 is 23.5 Å². The van der Waals surface area contributed by atoms with Crippen LogP contribution in [0.15, 0.2) is 0 Å². The summed E-state index contributed by atoms with van der Waals surface area (Å²) in [6.45, 7) is 1.53. The normalized spacial score (nSPS) is 29.5. The molecule has 1 radical (unpaired) electrons. The number of hydrogen-bond donors (Lipinski definition) is 0. The fourth-order valence-corrected chi connectivity index (χ4v) is 3.53. The first-order chi connectivity index (χ1) is 5.47. The molecular weight excluding hydrogens is 180 g/mol. The van der Waals surface area contributed by atoms with Gasteiger partial charge in [-0.1, -0.05) is 0 Å². The maximum absolute atomic E-state index is 5.40. The lowest BCUT2D eigenvalue weighted by Gasteiger charge is -2.23. The highest BCUT2D eigenvalue weighted by Crippen LogP contribution is 2.35. The molecule has 0 spiro atoms. The highest BCUT2D eigenvalue weighted by molar-refractivity contribution is 8.08. The molecule has 0 aromatic heterocycles. The summed E-state index contributed by atoms with van der Waals surface area (Å²) in [6, 6.07) is 0. The Labute approximate surface area is 75.4 Å². The van der Waals surface area contributed by atoms with E-state index < -0.39 is 0 Å². The van der Waals surface area contributed by atoms with Gasteiger partial charge >= 0.3 is 0 Å². The molecule has 0 aromatic carbocycles. The fourth-order valence-electron chi connectivity index (χ4n) is 1.13. The lowest BCUT2D eigenvalue weighted by atomic mass is 10.4. The van der Waals surface area contributed by atoms with Gasteiger partial charge in [-0.25, -0.2) is 0 Å². The van der Waals surface area contributed by atoms with Crippen molar-refractivity contribution in [3.05, 3.63) is 5.25 Å². The highest BCUT2D eigenvalue weighted by atomic mass is 32.2. The van der Waals surface area contributed by atoms with Gasteiger partial charge in [-0.3, -0.25) is 0 Å². The maximum atomic E-state index is 5.40. The Morgan fingerprint density at radius 2 is 2.00 bits per heavy atom. The van der Waals surface area contributed by atoms with Gasteiger partial charge in [0.25, 0.3) is 0 Å². The van der Waals surface area contributed by atoms with E-state index in [9.17, 15) is 0 Å². The summed E-state index contributed by atoms with van der Waals surface area (Å²) < 4.78 is 10.8. The molecule has 0 bridgehead atoms. The lowest BCUT2D eigenvalue weighted by molar-refractivity contribution is -0.0179. The molecule has 4 heteroatoms. The third kappa shape index (κ3) is 2.05. The van der Waals surface area contributed by atoms with E-state index >= 15 is 0 Å². The molecule has 0 aromatic rings. The first-order valence-electron chi connectivity index (χ1n) is 3.76. The monoisotopic (exact) mass is 191 g/mol. The standard InChI is InChI=1S/C7H11O2S2/c1-2-9-7(8-1)6-5-10-3-4-11-6/h7H,1-5H2. The zero-order valence-corrected chi connectivity index (χ0v) is 7.88. The van der Waals surface area contributed by atoms with Gasteiger partial charge in [0.2, 0.25) is 0 Å².